The van der Waals surface area contributed by atoms with Gasteiger partial charge in [-0.2, -0.15) is 0 Å². The van der Waals surface area contributed by atoms with Gasteiger partial charge in [-0.25, -0.2) is 0 Å². The second-order valence-electron chi connectivity index (χ2n) is 3.20. The molecule has 0 spiro atoms. The second kappa shape index (κ2) is 3.42. The number of hydrogen-bond donors (Lipinski definition) is 1. The Hall–Kier alpha value is -1.59. The molecule has 0 aliphatic heterocycles. The summed E-state index contributed by atoms with van der Waals surface area (Å²) in [6, 6.07) is 0. The summed E-state index contributed by atoms with van der Waals surface area (Å²) < 4.78 is 4.54. The number of nitrogens with two attached hydrogens (primary N) is 1. The normalized spacial score (nSPS) is 10.7. The maximum Gasteiger partial charge on any atom is 0.355 e. The molecule has 0 saturated heterocycles. The highest BCUT2D eigenvalue weighted by Gasteiger charge is 2.25. The van der Waals surface area contributed by atoms with Crippen molar-refractivity contribution in [3.63, 3.8) is 0 Å². The van der Waals surface area contributed by atoms with Crippen LogP contribution in [0.1, 0.15) is 19.5 Å². The first-order valence-electron chi connectivity index (χ1n) is 3.90. The van der Waals surface area contributed by atoms with Crippen molar-refractivity contribution in [1.29, 1.82) is 0 Å². The van der Waals surface area contributed by atoms with Crippen LogP contribution in [0.15, 0.2) is 4.52 Å². The van der Waals surface area contributed by atoms with Crippen molar-refractivity contribution in [2.45, 2.75) is 20.3 Å². The van der Waals surface area contributed by atoms with Gasteiger partial charge in [0.1, 0.15) is 0 Å². The van der Waals surface area contributed by atoms with Crippen molar-refractivity contribution < 1.29 is 9.45 Å². The van der Waals surface area contributed by atoms with Gasteiger partial charge in [-0.1, -0.05) is 19.0 Å². The van der Waals surface area contributed by atoms with Crippen LogP contribution >= 0.6 is 0 Å². The third-order valence-corrected chi connectivity index (χ3v) is 1.55. The van der Waals surface area contributed by atoms with Crippen molar-refractivity contribution in [3.8, 4) is 0 Å². The molecule has 0 aromatic carbocycles. The molecule has 1 heterocycles. The lowest BCUT2D eigenvalue weighted by Crippen LogP contribution is -2.00. The molecule has 0 radical (unpaired) electrons. The first-order valence-corrected chi connectivity index (χ1v) is 3.90. The number of nitro groups is 1. The number of nitrogen functional groups attached to an aromatic ring is 1. The SMILES string of the molecule is CC(C)Cc1noc(N)c1[N+](=O)[O-]. The summed E-state index contributed by atoms with van der Waals surface area (Å²) in [7, 11) is 0. The Labute approximate surface area is 74.8 Å². The molecule has 72 valence electrons. The van der Waals surface area contributed by atoms with Gasteiger partial charge in [-0.15, -0.1) is 0 Å². The van der Waals surface area contributed by atoms with Crippen molar-refractivity contribution in [3.05, 3.63) is 15.8 Å². The van der Waals surface area contributed by atoms with Crippen LogP contribution in [0.2, 0.25) is 0 Å². The van der Waals surface area contributed by atoms with E-state index in [1.165, 1.54) is 0 Å². The number of nitrogens with zero attached hydrogens (tertiary/aromatic N) is 2. The summed E-state index contributed by atoms with van der Waals surface area (Å²) in [6.07, 6.45) is 0.497. The van der Waals surface area contributed by atoms with Crippen LogP contribution in [0.5, 0.6) is 0 Å². The van der Waals surface area contributed by atoms with Crippen LogP contribution in [0.25, 0.3) is 0 Å². The number of hydrogen-bond acceptors (Lipinski definition) is 5. The maximum absolute atomic E-state index is 10.5. The fraction of sp³-hybridized carbons (Fsp3) is 0.571. The monoisotopic (exact) mass is 185 g/mol. The molecular weight excluding hydrogens is 174 g/mol. The molecule has 1 rings (SSSR count). The standard InChI is InChI=1S/C7H11N3O3/c1-4(2)3-5-6(10(11)12)7(8)13-9-5/h4H,3,8H2,1-2H3. The summed E-state index contributed by atoms with van der Waals surface area (Å²) in [6.45, 7) is 3.88. The summed E-state index contributed by atoms with van der Waals surface area (Å²) >= 11 is 0. The lowest BCUT2D eigenvalue weighted by Gasteiger charge is -1.98. The van der Waals surface area contributed by atoms with Gasteiger partial charge in [0.2, 0.25) is 0 Å². The van der Waals surface area contributed by atoms with Gasteiger partial charge in [0.25, 0.3) is 0 Å². The maximum atomic E-state index is 10.5. The molecule has 6 nitrogen and oxygen atoms in total. The van der Waals surface area contributed by atoms with Crippen LogP contribution in [0.3, 0.4) is 0 Å². The lowest BCUT2D eigenvalue weighted by molar-refractivity contribution is -0.384. The molecule has 0 aliphatic carbocycles. The zero-order chi connectivity index (χ0) is 10.0. The van der Waals surface area contributed by atoms with Crippen LogP contribution in [0, 0.1) is 16.0 Å². The van der Waals surface area contributed by atoms with Crippen molar-refractivity contribution >= 4 is 11.6 Å². The van der Waals surface area contributed by atoms with Gasteiger partial charge in [0.15, 0.2) is 5.69 Å². The summed E-state index contributed by atoms with van der Waals surface area (Å²) in [4.78, 5) is 9.94. The van der Waals surface area contributed by atoms with Gasteiger partial charge in [0, 0.05) is 6.42 Å². The average Bonchev–Trinajstić information content (AvgIpc) is 2.30. The topological polar surface area (TPSA) is 95.2 Å². The van der Waals surface area contributed by atoms with Crippen LogP contribution < -0.4 is 5.73 Å². The van der Waals surface area contributed by atoms with Gasteiger partial charge < -0.3 is 10.3 Å². The van der Waals surface area contributed by atoms with E-state index in [-0.39, 0.29) is 17.5 Å². The van der Waals surface area contributed by atoms with Gasteiger partial charge >= 0.3 is 11.6 Å². The molecule has 6 heteroatoms. The van der Waals surface area contributed by atoms with E-state index in [1.54, 1.807) is 0 Å². The van der Waals surface area contributed by atoms with Crippen LogP contribution in [-0.4, -0.2) is 10.1 Å². The molecule has 0 fully saturated rings. The van der Waals surface area contributed by atoms with Crippen molar-refractivity contribution in [1.82, 2.24) is 5.16 Å². The van der Waals surface area contributed by atoms with E-state index in [0.29, 0.717) is 12.1 Å². The highest BCUT2D eigenvalue weighted by atomic mass is 16.6. The Morgan fingerprint density at radius 2 is 2.31 bits per heavy atom. The van der Waals surface area contributed by atoms with E-state index in [4.69, 9.17) is 5.73 Å². The first-order chi connectivity index (χ1) is 6.02. The van der Waals surface area contributed by atoms with Crippen LogP contribution in [0.4, 0.5) is 11.6 Å². The van der Waals surface area contributed by atoms with E-state index in [9.17, 15) is 10.1 Å². The molecule has 0 bridgehead atoms. The minimum Gasteiger partial charge on any atom is -0.362 e. The molecule has 0 amide bonds. The van der Waals surface area contributed by atoms with Crippen molar-refractivity contribution in [2.24, 2.45) is 5.92 Å². The third-order valence-electron chi connectivity index (χ3n) is 1.55. The van der Waals surface area contributed by atoms with E-state index < -0.39 is 4.92 Å². The molecule has 1 aromatic rings. The Morgan fingerprint density at radius 1 is 1.69 bits per heavy atom. The average molecular weight is 185 g/mol. The van der Waals surface area contributed by atoms with E-state index in [2.05, 4.69) is 9.68 Å². The minimum absolute atomic E-state index is 0.200. The molecule has 13 heavy (non-hydrogen) atoms. The van der Waals surface area contributed by atoms with Crippen LogP contribution in [-0.2, 0) is 6.42 Å². The number of rotatable bonds is 3. The Kier molecular flexibility index (Phi) is 2.50. The predicted octanol–water partition coefficient (Wildman–Crippen LogP) is 1.36. The highest BCUT2D eigenvalue weighted by molar-refractivity contribution is 5.52. The summed E-state index contributed by atoms with van der Waals surface area (Å²) in [5, 5.41) is 14.0. The van der Waals surface area contributed by atoms with E-state index in [0.717, 1.165) is 0 Å². The smallest absolute Gasteiger partial charge is 0.355 e. The first kappa shape index (κ1) is 9.50. The molecular formula is C7H11N3O3. The largest absolute Gasteiger partial charge is 0.362 e. The molecule has 0 unspecified atom stereocenters. The number of anilines is 1. The molecule has 0 saturated carbocycles. The quantitative estimate of drug-likeness (QED) is 0.566. The predicted molar refractivity (Wildman–Crippen MR) is 46.1 cm³/mol. The Morgan fingerprint density at radius 3 is 2.77 bits per heavy atom. The fourth-order valence-electron chi connectivity index (χ4n) is 1.05. The van der Waals surface area contributed by atoms with Crippen molar-refractivity contribution in [2.75, 3.05) is 5.73 Å². The number of aromatic nitrogens is 1. The van der Waals surface area contributed by atoms with Gasteiger partial charge in [-0.3, -0.25) is 10.1 Å². The van der Waals surface area contributed by atoms with E-state index >= 15 is 0 Å². The molecule has 0 atom stereocenters. The summed E-state index contributed by atoms with van der Waals surface area (Å²) in [5.74, 6) is 0.0591. The fourth-order valence-corrected chi connectivity index (χ4v) is 1.05. The summed E-state index contributed by atoms with van der Waals surface area (Å²) in [5.41, 5.74) is 5.36. The zero-order valence-corrected chi connectivity index (χ0v) is 7.48. The molecule has 0 aliphatic rings. The lowest BCUT2D eigenvalue weighted by atomic mass is 10.1. The second-order valence-corrected chi connectivity index (χ2v) is 3.20. The van der Waals surface area contributed by atoms with E-state index in [1.807, 2.05) is 13.8 Å². The molecule has 2 N–H and O–H groups in total. The Bertz CT molecular complexity index is 319. The van der Waals surface area contributed by atoms with Gasteiger partial charge in [0.05, 0.1) is 4.92 Å². The zero-order valence-electron chi connectivity index (χ0n) is 7.48. The third kappa shape index (κ3) is 1.95. The Balaban J connectivity index is 3.00. The molecule has 1 aromatic heterocycles. The van der Waals surface area contributed by atoms with Gasteiger partial charge in [-0.05, 0) is 5.92 Å². The minimum atomic E-state index is -0.566. The highest BCUT2D eigenvalue weighted by Crippen LogP contribution is 2.27.